The van der Waals surface area contributed by atoms with Crippen LogP contribution in [-0.2, 0) is 17.4 Å². The average molecular weight is 255 g/mol. The summed E-state index contributed by atoms with van der Waals surface area (Å²) >= 11 is -0.0825. The molecule has 1 aromatic rings. The number of carboxylic acids is 2. The van der Waals surface area contributed by atoms with Crippen LogP contribution in [0.25, 0.3) is 0 Å². The molecule has 0 saturated carbocycles. The molecule has 1 aromatic heterocycles. The molecule has 88 valence electrons. The topological polar surface area (TPSA) is 87.5 Å². The van der Waals surface area contributed by atoms with Crippen molar-refractivity contribution in [3.63, 3.8) is 0 Å². The molecule has 0 amide bonds. The summed E-state index contributed by atoms with van der Waals surface area (Å²) in [5.74, 6) is -3.06. The molecule has 0 aliphatic heterocycles. The van der Waals surface area contributed by atoms with Crippen molar-refractivity contribution in [2.45, 2.75) is 12.6 Å². The van der Waals surface area contributed by atoms with Crippen LogP contribution >= 0.6 is 11.3 Å². The highest BCUT2D eigenvalue weighted by Gasteiger charge is 2.37. The highest BCUT2D eigenvalue weighted by atomic mass is 32.1. The molecule has 0 unspecified atom stereocenters. The molecule has 0 atom stereocenters. The molecule has 5 nitrogen and oxygen atoms in total. The second kappa shape index (κ2) is 4.08. The maximum atomic E-state index is 12.2. The van der Waals surface area contributed by atoms with Crippen LogP contribution in [0.3, 0.4) is 0 Å². The van der Waals surface area contributed by atoms with Crippen molar-refractivity contribution in [2.24, 2.45) is 0 Å². The number of alkyl halides is 3. The smallest absolute Gasteiger partial charge is 0.443 e. The third-order valence-corrected chi connectivity index (χ3v) is 2.58. The van der Waals surface area contributed by atoms with Gasteiger partial charge in [-0.25, -0.2) is 9.78 Å². The molecule has 0 radical (unpaired) electrons. The lowest BCUT2D eigenvalue weighted by molar-refractivity contribution is -0.139. The van der Waals surface area contributed by atoms with Gasteiger partial charge in [-0.05, 0) is 0 Å². The van der Waals surface area contributed by atoms with Gasteiger partial charge < -0.3 is 10.2 Å². The third-order valence-electron chi connectivity index (χ3n) is 1.45. The van der Waals surface area contributed by atoms with E-state index in [1.807, 2.05) is 0 Å². The van der Waals surface area contributed by atoms with Gasteiger partial charge in [0.15, 0.2) is 5.01 Å². The molecule has 0 aromatic carbocycles. The van der Waals surface area contributed by atoms with E-state index in [2.05, 4.69) is 4.98 Å². The van der Waals surface area contributed by atoms with Gasteiger partial charge in [0.2, 0.25) is 0 Å². The quantitative estimate of drug-likeness (QED) is 0.854. The largest absolute Gasteiger partial charge is 0.481 e. The molecule has 1 heterocycles. The molecular weight excluding hydrogens is 251 g/mol. The average Bonchev–Trinajstić information content (AvgIpc) is 2.45. The third kappa shape index (κ3) is 2.69. The number of halogens is 3. The standard InChI is InChI=1S/C7H4F3NO4S/c8-7(9,10)6-11-2(1-3(12)13)4(16-6)5(14)15/h1H2,(H,12,13)(H,14,15). The molecule has 0 fully saturated rings. The van der Waals surface area contributed by atoms with E-state index in [9.17, 15) is 22.8 Å². The number of rotatable bonds is 3. The van der Waals surface area contributed by atoms with E-state index >= 15 is 0 Å². The van der Waals surface area contributed by atoms with Gasteiger partial charge in [-0.15, -0.1) is 11.3 Å². The van der Waals surface area contributed by atoms with Crippen molar-refractivity contribution < 1.29 is 33.0 Å². The van der Waals surface area contributed by atoms with Gasteiger partial charge in [0.1, 0.15) is 4.88 Å². The summed E-state index contributed by atoms with van der Waals surface area (Å²) in [5, 5.41) is 15.6. The Hall–Kier alpha value is -1.64. The molecule has 0 spiro atoms. The fourth-order valence-electron chi connectivity index (χ4n) is 0.903. The van der Waals surface area contributed by atoms with E-state index in [0.29, 0.717) is 0 Å². The van der Waals surface area contributed by atoms with Gasteiger partial charge in [-0.3, -0.25) is 4.79 Å². The minimum Gasteiger partial charge on any atom is -0.481 e. The zero-order valence-corrected chi connectivity index (χ0v) is 8.22. The first-order valence-corrected chi connectivity index (χ1v) is 4.55. The van der Waals surface area contributed by atoms with E-state index < -0.39 is 40.1 Å². The predicted octanol–water partition coefficient (Wildman–Crippen LogP) is 1.49. The van der Waals surface area contributed by atoms with Gasteiger partial charge >= 0.3 is 18.1 Å². The summed E-state index contributed by atoms with van der Waals surface area (Å²) in [4.78, 5) is 23.1. The number of carbonyl (C=O) groups is 2. The Morgan fingerprint density at radius 1 is 1.31 bits per heavy atom. The first-order chi connectivity index (χ1) is 7.21. The lowest BCUT2D eigenvalue weighted by Crippen LogP contribution is -2.07. The summed E-state index contributed by atoms with van der Waals surface area (Å²) in [6.07, 6.45) is -5.63. The first kappa shape index (κ1) is 12.4. The SMILES string of the molecule is O=C(O)Cc1nc(C(F)(F)F)sc1C(=O)O. The number of nitrogens with zero attached hydrogens (tertiary/aromatic N) is 1. The van der Waals surface area contributed by atoms with Crippen LogP contribution in [-0.4, -0.2) is 27.1 Å². The number of aromatic nitrogens is 1. The number of carboxylic acid groups (broad SMARTS) is 2. The highest BCUT2D eigenvalue weighted by Crippen LogP contribution is 2.34. The zero-order valence-electron chi connectivity index (χ0n) is 7.41. The summed E-state index contributed by atoms with van der Waals surface area (Å²) in [5.41, 5.74) is -0.586. The van der Waals surface area contributed by atoms with Gasteiger partial charge in [-0.1, -0.05) is 0 Å². The summed E-state index contributed by atoms with van der Waals surface area (Å²) < 4.78 is 36.6. The van der Waals surface area contributed by atoms with Gasteiger partial charge in [0.05, 0.1) is 12.1 Å². The van der Waals surface area contributed by atoms with Crippen LogP contribution in [0.1, 0.15) is 20.4 Å². The Balaban J connectivity index is 3.20. The Bertz CT molecular complexity index is 439. The molecule has 9 heteroatoms. The Morgan fingerprint density at radius 2 is 1.88 bits per heavy atom. The fraction of sp³-hybridized carbons (Fsp3) is 0.286. The second-order valence-electron chi connectivity index (χ2n) is 2.67. The number of thiazole rings is 1. The molecule has 0 aliphatic rings. The maximum absolute atomic E-state index is 12.2. The lowest BCUT2D eigenvalue weighted by atomic mass is 10.3. The molecule has 2 N–H and O–H groups in total. The molecule has 16 heavy (non-hydrogen) atoms. The predicted molar refractivity (Wildman–Crippen MR) is 45.4 cm³/mol. The van der Waals surface area contributed by atoms with Crippen LogP contribution < -0.4 is 0 Å². The van der Waals surface area contributed by atoms with Gasteiger partial charge in [0, 0.05) is 0 Å². The van der Waals surface area contributed by atoms with E-state index in [4.69, 9.17) is 10.2 Å². The van der Waals surface area contributed by atoms with Crippen molar-refractivity contribution >= 4 is 23.3 Å². The monoisotopic (exact) mass is 255 g/mol. The lowest BCUT2D eigenvalue weighted by Gasteiger charge is -1.98. The van der Waals surface area contributed by atoms with Crippen molar-refractivity contribution in [3.05, 3.63) is 15.6 Å². The zero-order chi connectivity index (χ0) is 12.5. The number of hydrogen-bond acceptors (Lipinski definition) is 4. The van der Waals surface area contributed by atoms with E-state index in [-0.39, 0.29) is 11.3 Å². The van der Waals surface area contributed by atoms with Crippen LogP contribution in [0.15, 0.2) is 0 Å². The molecule has 0 saturated heterocycles. The van der Waals surface area contributed by atoms with Crippen molar-refractivity contribution in [3.8, 4) is 0 Å². The Labute approximate surface area is 90.2 Å². The summed E-state index contributed by atoms with van der Waals surface area (Å²) in [7, 11) is 0. The number of aliphatic carboxylic acids is 1. The van der Waals surface area contributed by atoms with Crippen LogP contribution in [0, 0.1) is 0 Å². The normalized spacial score (nSPS) is 11.4. The highest BCUT2D eigenvalue weighted by molar-refractivity contribution is 7.13. The van der Waals surface area contributed by atoms with Crippen molar-refractivity contribution in [2.75, 3.05) is 0 Å². The summed E-state index contributed by atoms with van der Waals surface area (Å²) in [6.45, 7) is 0. The molecular formula is C7H4F3NO4S. The van der Waals surface area contributed by atoms with E-state index in [1.54, 1.807) is 0 Å². The van der Waals surface area contributed by atoms with Crippen LogP contribution in [0.5, 0.6) is 0 Å². The molecule has 0 bridgehead atoms. The van der Waals surface area contributed by atoms with Crippen LogP contribution in [0.2, 0.25) is 0 Å². The van der Waals surface area contributed by atoms with Crippen molar-refractivity contribution in [1.29, 1.82) is 0 Å². The summed E-state index contributed by atoms with van der Waals surface area (Å²) in [6, 6.07) is 0. The van der Waals surface area contributed by atoms with Crippen LogP contribution in [0.4, 0.5) is 13.2 Å². The van der Waals surface area contributed by atoms with E-state index in [0.717, 1.165) is 0 Å². The second-order valence-corrected chi connectivity index (χ2v) is 3.67. The minimum absolute atomic E-state index is 0.0825. The molecule has 1 rings (SSSR count). The molecule has 0 aliphatic carbocycles. The minimum atomic E-state index is -4.77. The fourth-order valence-corrected chi connectivity index (χ4v) is 1.69. The van der Waals surface area contributed by atoms with E-state index in [1.165, 1.54) is 0 Å². The van der Waals surface area contributed by atoms with Gasteiger partial charge in [0.25, 0.3) is 0 Å². The number of hydrogen-bond donors (Lipinski definition) is 2. The maximum Gasteiger partial charge on any atom is 0.443 e. The first-order valence-electron chi connectivity index (χ1n) is 3.73. The Kier molecular flexibility index (Phi) is 3.17. The Morgan fingerprint density at radius 3 is 2.25 bits per heavy atom. The number of aromatic carboxylic acids is 1. The van der Waals surface area contributed by atoms with Gasteiger partial charge in [-0.2, -0.15) is 13.2 Å². The van der Waals surface area contributed by atoms with Crippen molar-refractivity contribution in [1.82, 2.24) is 4.98 Å².